The molecule has 9 rings (SSSR count). The van der Waals surface area contributed by atoms with Gasteiger partial charge in [0.05, 0.1) is 0 Å². The lowest BCUT2D eigenvalue weighted by molar-refractivity contribution is -0.136. The van der Waals surface area contributed by atoms with Gasteiger partial charge in [-0.15, -0.1) is 0 Å². The lowest BCUT2D eigenvalue weighted by Gasteiger charge is -2.35. The second-order valence-electron chi connectivity index (χ2n) is 15.3. The van der Waals surface area contributed by atoms with Crippen molar-refractivity contribution in [2.75, 3.05) is 26.2 Å². The summed E-state index contributed by atoms with van der Waals surface area (Å²) in [6, 6.07) is 34.0. The van der Waals surface area contributed by atoms with Gasteiger partial charge in [0.15, 0.2) is 0 Å². The van der Waals surface area contributed by atoms with Crippen LogP contribution >= 0.6 is 0 Å². The van der Waals surface area contributed by atoms with Crippen LogP contribution in [-0.4, -0.2) is 76.0 Å². The fourth-order valence-electron chi connectivity index (χ4n) is 8.98. The van der Waals surface area contributed by atoms with Crippen LogP contribution in [0.4, 0.5) is 0 Å². The van der Waals surface area contributed by atoms with Crippen molar-refractivity contribution < 1.29 is 29.0 Å². The minimum absolute atomic E-state index is 0.0368. The Morgan fingerprint density at radius 1 is 0.804 bits per heavy atom. The number of hydrogen-bond acceptors (Lipinski definition) is 8. The van der Waals surface area contributed by atoms with Crippen LogP contribution in [0.15, 0.2) is 109 Å². The van der Waals surface area contributed by atoms with E-state index in [0.717, 1.165) is 61.3 Å². The second-order valence-corrected chi connectivity index (χ2v) is 15.3. The second kappa shape index (κ2) is 15.3. The number of carbonyl (C=O) groups excluding carboxylic acids is 3. The van der Waals surface area contributed by atoms with E-state index in [0.29, 0.717) is 42.7 Å². The average Bonchev–Trinajstić information content (AvgIpc) is 3.81. The molecule has 2 fully saturated rings. The molecule has 4 aromatic carbocycles. The molecule has 1 aliphatic carbocycles. The Kier molecular flexibility index (Phi) is 9.73. The van der Waals surface area contributed by atoms with Crippen molar-refractivity contribution >= 4 is 17.7 Å². The van der Waals surface area contributed by atoms with Gasteiger partial charge in [-0.2, -0.15) is 0 Å². The normalized spacial score (nSPS) is 22.1. The number of ether oxygens (including phenoxy) is 2. The summed E-state index contributed by atoms with van der Waals surface area (Å²) >= 11 is 0. The van der Waals surface area contributed by atoms with Crippen LogP contribution in [0.1, 0.15) is 75.7 Å². The van der Waals surface area contributed by atoms with Crippen molar-refractivity contribution in [2.24, 2.45) is 0 Å². The third kappa shape index (κ3) is 7.24. The molecule has 2 saturated heterocycles. The third-order valence-electron chi connectivity index (χ3n) is 11.8. The van der Waals surface area contributed by atoms with E-state index in [-0.39, 0.29) is 30.3 Å². The molecule has 1 unspecified atom stereocenters. The molecule has 3 amide bonds. The fraction of sp³-hybridized carbons (Fsp3) is 0.304. The summed E-state index contributed by atoms with van der Waals surface area (Å²) in [6.07, 6.45) is 5.28. The van der Waals surface area contributed by atoms with E-state index in [1.54, 1.807) is 23.2 Å². The van der Waals surface area contributed by atoms with Crippen molar-refractivity contribution in [3.8, 4) is 28.5 Å². The molecule has 284 valence electrons. The topological polar surface area (TPSA) is 121 Å². The molecular weight excluding hydrogens is 705 g/mol. The highest BCUT2D eigenvalue weighted by Crippen LogP contribution is 2.47. The molecule has 10 nitrogen and oxygen atoms in total. The van der Waals surface area contributed by atoms with Crippen molar-refractivity contribution in [1.82, 2.24) is 20.1 Å². The summed E-state index contributed by atoms with van der Waals surface area (Å²) in [5.74, 6) is 1.42. The van der Waals surface area contributed by atoms with Crippen LogP contribution in [0.5, 0.6) is 17.4 Å². The summed E-state index contributed by atoms with van der Waals surface area (Å²) in [5.41, 5.74) is 8.38. The first-order chi connectivity index (χ1) is 27.4. The maximum absolute atomic E-state index is 13.1. The highest BCUT2D eigenvalue weighted by Gasteiger charge is 2.39. The zero-order valence-electron chi connectivity index (χ0n) is 31.1. The fourth-order valence-corrected chi connectivity index (χ4v) is 8.98. The average molecular weight is 749 g/mol. The van der Waals surface area contributed by atoms with E-state index in [1.165, 1.54) is 22.3 Å². The molecule has 5 aromatic rings. The molecule has 0 radical (unpaired) electrons. The highest BCUT2D eigenvalue weighted by atomic mass is 16.5. The summed E-state index contributed by atoms with van der Waals surface area (Å²) in [6.45, 7) is 3.43. The van der Waals surface area contributed by atoms with Crippen LogP contribution in [0.2, 0.25) is 0 Å². The van der Waals surface area contributed by atoms with Gasteiger partial charge in [-0.1, -0.05) is 54.6 Å². The molecule has 0 spiro atoms. The van der Waals surface area contributed by atoms with Crippen LogP contribution in [0, 0.1) is 0 Å². The van der Waals surface area contributed by atoms with E-state index in [1.807, 2.05) is 30.3 Å². The Morgan fingerprint density at radius 3 is 2.45 bits per heavy atom. The summed E-state index contributed by atoms with van der Waals surface area (Å²) in [5, 5.41) is 12.5. The molecule has 0 bridgehead atoms. The maximum Gasteiger partial charge on any atom is 0.255 e. The first kappa shape index (κ1) is 35.7. The molecule has 0 saturated carbocycles. The Bertz CT molecular complexity index is 2260. The number of amides is 3. The molecule has 3 aliphatic heterocycles. The number of imide groups is 1. The van der Waals surface area contributed by atoms with Crippen molar-refractivity contribution in [2.45, 2.75) is 62.6 Å². The minimum atomic E-state index is -0.635. The van der Waals surface area contributed by atoms with Crippen molar-refractivity contribution in [1.29, 1.82) is 0 Å². The van der Waals surface area contributed by atoms with Gasteiger partial charge in [0.25, 0.3) is 5.91 Å². The van der Waals surface area contributed by atoms with Crippen molar-refractivity contribution in [3.05, 3.63) is 143 Å². The Balaban J connectivity index is 0.768. The predicted molar refractivity (Wildman–Crippen MR) is 211 cm³/mol. The van der Waals surface area contributed by atoms with E-state index >= 15 is 0 Å². The number of piperidine rings is 1. The van der Waals surface area contributed by atoms with Gasteiger partial charge in [-0.3, -0.25) is 24.6 Å². The number of nitrogens with one attached hydrogen (secondary N) is 1. The van der Waals surface area contributed by atoms with Gasteiger partial charge < -0.3 is 19.5 Å². The standard InChI is InChI=1S/C46H44N4O6/c51-35-11-16-39-32(25-35)9-14-38(29-4-2-1-3-5-29)44(39)30-6-12-36(13-7-30)55-23-22-49-21-20-37(28-49)56-43-19-10-33(26-47-43)31-8-15-40-34(24-31)27-50(46(40)54)41-17-18-42(52)48-45(41)53/h1-8,10-13,15-16,19,24-26,37-38,41,44,51H,9,14,17-18,20-23,27-28H2,(H,48,52,53)/t37-,38-,41?,44+/m1/s1. The van der Waals surface area contributed by atoms with Gasteiger partial charge in [0.2, 0.25) is 17.7 Å². The number of phenols is 1. The number of carbonyl (C=O) groups is 3. The molecule has 56 heavy (non-hydrogen) atoms. The monoisotopic (exact) mass is 748 g/mol. The number of nitrogens with zero attached hydrogens (tertiary/aromatic N) is 3. The van der Waals surface area contributed by atoms with Crippen molar-refractivity contribution in [3.63, 3.8) is 0 Å². The number of fused-ring (bicyclic) bond motifs is 2. The van der Waals surface area contributed by atoms with E-state index in [4.69, 9.17) is 9.47 Å². The zero-order valence-corrected chi connectivity index (χ0v) is 31.1. The smallest absolute Gasteiger partial charge is 0.255 e. The van der Waals surface area contributed by atoms with Gasteiger partial charge >= 0.3 is 0 Å². The largest absolute Gasteiger partial charge is 0.508 e. The quantitative estimate of drug-likeness (QED) is 0.153. The Hall–Kier alpha value is -6.00. The van der Waals surface area contributed by atoms with E-state index in [9.17, 15) is 19.5 Å². The third-order valence-corrected chi connectivity index (χ3v) is 11.8. The number of likely N-dealkylation sites (tertiary alicyclic amines) is 1. The number of rotatable bonds is 10. The lowest BCUT2D eigenvalue weighted by Crippen LogP contribution is -2.52. The lowest BCUT2D eigenvalue weighted by atomic mass is 9.69. The molecule has 4 atom stereocenters. The molecule has 2 N–H and O–H groups in total. The number of hydrogen-bond donors (Lipinski definition) is 2. The van der Waals surface area contributed by atoms with Crippen LogP contribution in [0.3, 0.4) is 0 Å². The number of aryl methyl sites for hydroxylation is 1. The van der Waals surface area contributed by atoms with Crippen LogP contribution < -0.4 is 14.8 Å². The first-order valence-corrected chi connectivity index (χ1v) is 19.6. The Morgan fingerprint density at radius 2 is 1.64 bits per heavy atom. The number of aromatic nitrogens is 1. The number of pyridine rings is 1. The van der Waals surface area contributed by atoms with Gasteiger partial charge in [-0.05, 0) is 107 Å². The van der Waals surface area contributed by atoms with Gasteiger partial charge in [0.1, 0.15) is 30.3 Å². The first-order valence-electron chi connectivity index (χ1n) is 19.6. The number of benzene rings is 4. The molecular formula is C46H44N4O6. The van der Waals surface area contributed by atoms with E-state index in [2.05, 4.69) is 75.9 Å². The van der Waals surface area contributed by atoms with E-state index < -0.39 is 11.9 Å². The highest BCUT2D eigenvalue weighted by molar-refractivity contribution is 6.05. The molecule has 4 aliphatic rings. The summed E-state index contributed by atoms with van der Waals surface area (Å²) in [4.78, 5) is 45.6. The Labute approximate surface area is 326 Å². The summed E-state index contributed by atoms with van der Waals surface area (Å²) < 4.78 is 12.5. The molecule has 10 heteroatoms. The molecule has 4 heterocycles. The number of aromatic hydroxyl groups is 1. The summed E-state index contributed by atoms with van der Waals surface area (Å²) in [7, 11) is 0. The SMILES string of the molecule is O=C1CCC(N2Cc3cc(-c4ccc(O[C@@H]5CCN(CCOc6ccc([C@@H]7c8ccc(O)cc8CC[C@@H]7c7ccccc7)cc6)C5)nc4)ccc3C2=O)C(=O)N1. The molecule has 1 aromatic heterocycles. The van der Waals surface area contributed by atoms with Gasteiger partial charge in [-0.25, -0.2) is 4.98 Å². The zero-order chi connectivity index (χ0) is 38.2. The maximum atomic E-state index is 13.1. The van der Waals surface area contributed by atoms with Crippen LogP contribution in [-0.2, 0) is 22.6 Å². The van der Waals surface area contributed by atoms with Gasteiger partial charge in [0, 0.05) is 61.9 Å². The van der Waals surface area contributed by atoms with Crippen LogP contribution in [0.25, 0.3) is 11.1 Å². The minimum Gasteiger partial charge on any atom is -0.508 e. The number of phenolic OH excluding ortho intramolecular Hbond substituents is 1. The predicted octanol–water partition coefficient (Wildman–Crippen LogP) is 6.61.